The van der Waals surface area contributed by atoms with E-state index in [1.54, 1.807) is 0 Å². The summed E-state index contributed by atoms with van der Waals surface area (Å²) in [6.45, 7) is 8.99. The number of rotatable bonds is 2. The maximum Gasteiger partial charge on any atom is 0.0173 e. The Hall–Kier alpha value is -0.720. The quantitative estimate of drug-likeness (QED) is 0.730. The van der Waals surface area contributed by atoms with E-state index in [4.69, 9.17) is 0 Å². The standard InChI is InChI=1S/C7H11N.C7H14/c1-6(2)7-4-3-5-8-7;1-6(2)7-4-3-5-7/h3-6,8H,1-2H3;6-7H,3-5H2,1-2H3. The molecular formula is C14H25N. The van der Waals surface area contributed by atoms with Gasteiger partial charge in [0, 0.05) is 11.9 Å². The van der Waals surface area contributed by atoms with Gasteiger partial charge in [0.2, 0.25) is 0 Å². The lowest BCUT2D eigenvalue weighted by Gasteiger charge is -2.28. The average Bonchev–Trinajstić information content (AvgIpc) is 2.51. The van der Waals surface area contributed by atoms with Crippen molar-refractivity contribution in [3.05, 3.63) is 24.0 Å². The van der Waals surface area contributed by atoms with Crippen LogP contribution in [0.4, 0.5) is 0 Å². The molecular weight excluding hydrogens is 182 g/mol. The Morgan fingerprint density at radius 1 is 1.20 bits per heavy atom. The molecule has 1 fully saturated rings. The Morgan fingerprint density at radius 3 is 2.00 bits per heavy atom. The number of hydrogen-bond donors (Lipinski definition) is 1. The molecule has 1 heteroatoms. The van der Waals surface area contributed by atoms with E-state index in [0.29, 0.717) is 5.92 Å². The lowest BCUT2D eigenvalue weighted by atomic mass is 9.78. The summed E-state index contributed by atoms with van der Waals surface area (Å²) in [5.41, 5.74) is 1.31. The van der Waals surface area contributed by atoms with E-state index < -0.39 is 0 Å². The minimum atomic E-state index is 0.630. The summed E-state index contributed by atoms with van der Waals surface area (Å²) in [7, 11) is 0. The van der Waals surface area contributed by atoms with Crippen molar-refractivity contribution in [1.29, 1.82) is 0 Å². The number of hydrogen-bond acceptors (Lipinski definition) is 0. The molecule has 0 saturated heterocycles. The normalized spacial score (nSPS) is 16.1. The molecule has 1 nitrogen and oxygen atoms in total. The van der Waals surface area contributed by atoms with Crippen molar-refractivity contribution in [3.8, 4) is 0 Å². The Labute approximate surface area is 94.3 Å². The first-order valence-electron chi connectivity index (χ1n) is 6.24. The maximum atomic E-state index is 3.14. The molecule has 1 N–H and O–H groups in total. The first-order valence-corrected chi connectivity index (χ1v) is 6.24. The number of aromatic amines is 1. The van der Waals surface area contributed by atoms with Gasteiger partial charge in [0.05, 0.1) is 0 Å². The zero-order valence-electron chi connectivity index (χ0n) is 10.6. The second-order valence-electron chi connectivity index (χ2n) is 5.22. The fourth-order valence-corrected chi connectivity index (χ4v) is 1.81. The third kappa shape index (κ3) is 4.11. The van der Waals surface area contributed by atoms with Crippen LogP contribution in [0.3, 0.4) is 0 Å². The van der Waals surface area contributed by atoms with E-state index in [1.165, 1.54) is 25.0 Å². The highest BCUT2D eigenvalue weighted by atomic mass is 14.7. The van der Waals surface area contributed by atoms with Crippen molar-refractivity contribution >= 4 is 0 Å². The van der Waals surface area contributed by atoms with Crippen molar-refractivity contribution in [2.24, 2.45) is 11.8 Å². The first-order chi connectivity index (χ1) is 7.11. The van der Waals surface area contributed by atoms with E-state index in [1.807, 2.05) is 12.3 Å². The Balaban J connectivity index is 0.000000151. The summed E-state index contributed by atoms with van der Waals surface area (Å²) in [6, 6.07) is 4.12. The van der Waals surface area contributed by atoms with Crippen molar-refractivity contribution < 1.29 is 0 Å². The molecule has 1 heterocycles. The highest BCUT2D eigenvalue weighted by molar-refractivity contribution is 5.07. The van der Waals surface area contributed by atoms with E-state index in [9.17, 15) is 0 Å². The van der Waals surface area contributed by atoms with Crippen LogP contribution in [0, 0.1) is 11.8 Å². The molecule has 1 aromatic heterocycles. The van der Waals surface area contributed by atoms with Crippen LogP contribution >= 0.6 is 0 Å². The topological polar surface area (TPSA) is 15.8 Å². The third-order valence-electron chi connectivity index (χ3n) is 3.34. The second-order valence-corrected chi connectivity index (χ2v) is 5.22. The largest absolute Gasteiger partial charge is 0.365 e. The highest BCUT2D eigenvalue weighted by Crippen LogP contribution is 2.32. The van der Waals surface area contributed by atoms with Gasteiger partial charge in [-0.15, -0.1) is 0 Å². The van der Waals surface area contributed by atoms with Gasteiger partial charge in [0.15, 0.2) is 0 Å². The van der Waals surface area contributed by atoms with Crippen molar-refractivity contribution in [2.75, 3.05) is 0 Å². The molecule has 0 aliphatic heterocycles. The molecule has 0 spiro atoms. The molecule has 1 aliphatic carbocycles. The minimum absolute atomic E-state index is 0.630. The van der Waals surface area contributed by atoms with Crippen molar-refractivity contribution in [1.82, 2.24) is 4.98 Å². The van der Waals surface area contributed by atoms with Crippen LogP contribution in [-0.4, -0.2) is 4.98 Å². The van der Waals surface area contributed by atoms with Crippen LogP contribution in [0.15, 0.2) is 18.3 Å². The van der Waals surface area contributed by atoms with Gasteiger partial charge in [-0.25, -0.2) is 0 Å². The van der Waals surface area contributed by atoms with Crippen LogP contribution < -0.4 is 0 Å². The molecule has 0 radical (unpaired) electrons. The number of aromatic nitrogens is 1. The summed E-state index contributed by atoms with van der Waals surface area (Å²) in [6.07, 6.45) is 6.44. The summed E-state index contributed by atoms with van der Waals surface area (Å²) < 4.78 is 0. The van der Waals surface area contributed by atoms with Crippen LogP contribution in [0.5, 0.6) is 0 Å². The zero-order chi connectivity index (χ0) is 11.3. The minimum Gasteiger partial charge on any atom is -0.365 e. The molecule has 0 atom stereocenters. The molecule has 0 aromatic carbocycles. The maximum absolute atomic E-state index is 3.14. The third-order valence-corrected chi connectivity index (χ3v) is 3.34. The van der Waals surface area contributed by atoms with Gasteiger partial charge >= 0.3 is 0 Å². The van der Waals surface area contributed by atoms with E-state index in [-0.39, 0.29) is 0 Å². The van der Waals surface area contributed by atoms with E-state index in [2.05, 4.69) is 38.7 Å². The van der Waals surface area contributed by atoms with Crippen LogP contribution in [0.2, 0.25) is 0 Å². The second kappa shape index (κ2) is 5.99. The molecule has 0 amide bonds. The Morgan fingerprint density at radius 2 is 1.87 bits per heavy atom. The van der Waals surface area contributed by atoms with Gasteiger partial charge in [0.25, 0.3) is 0 Å². The Bertz CT molecular complexity index is 242. The molecule has 0 unspecified atom stereocenters. The molecule has 86 valence electrons. The number of nitrogens with one attached hydrogen (secondary N) is 1. The SMILES string of the molecule is CC(C)C1CCC1.CC(C)c1ccc[nH]1. The monoisotopic (exact) mass is 207 g/mol. The summed E-state index contributed by atoms with van der Waals surface area (Å²) in [5.74, 6) is 2.67. The van der Waals surface area contributed by atoms with E-state index >= 15 is 0 Å². The van der Waals surface area contributed by atoms with Gasteiger partial charge in [0.1, 0.15) is 0 Å². The van der Waals surface area contributed by atoms with Gasteiger partial charge < -0.3 is 4.98 Å². The van der Waals surface area contributed by atoms with Gasteiger partial charge in [-0.1, -0.05) is 47.0 Å². The highest BCUT2D eigenvalue weighted by Gasteiger charge is 2.19. The number of H-pyrrole nitrogens is 1. The van der Waals surface area contributed by atoms with Gasteiger partial charge in [-0.2, -0.15) is 0 Å². The van der Waals surface area contributed by atoms with Crippen LogP contribution in [0.1, 0.15) is 58.6 Å². The lowest BCUT2D eigenvalue weighted by molar-refractivity contribution is 0.235. The summed E-state index contributed by atoms with van der Waals surface area (Å²) >= 11 is 0. The molecule has 1 saturated carbocycles. The molecule has 1 aliphatic rings. The predicted octanol–water partition coefficient (Wildman–Crippen LogP) is 4.58. The zero-order valence-corrected chi connectivity index (χ0v) is 10.6. The van der Waals surface area contributed by atoms with Crippen LogP contribution in [0.25, 0.3) is 0 Å². The van der Waals surface area contributed by atoms with Gasteiger partial charge in [-0.3, -0.25) is 0 Å². The van der Waals surface area contributed by atoms with E-state index in [0.717, 1.165) is 11.8 Å². The fraction of sp³-hybridized carbons (Fsp3) is 0.714. The average molecular weight is 207 g/mol. The van der Waals surface area contributed by atoms with Crippen molar-refractivity contribution in [2.45, 2.75) is 52.9 Å². The smallest absolute Gasteiger partial charge is 0.0173 e. The fourth-order valence-electron chi connectivity index (χ4n) is 1.81. The molecule has 2 rings (SSSR count). The summed E-state index contributed by atoms with van der Waals surface area (Å²) in [4.78, 5) is 3.14. The first kappa shape index (κ1) is 12.4. The van der Waals surface area contributed by atoms with Gasteiger partial charge in [-0.05, 0) is 29.9 Å². The molecule has 15 heavy (non-hydrogen) atoms. The molecule has 0 bridgehead atoms. The predicted molar refractivity (Wildman–Crippen MR) is 67.1 cm³/mol. The van der Waals surface area contributed by atoms with Crippen molar-refractivity contribution in [3.63, 3.8) is 0 Å². The van der Waals surface area contributed by atoms with Crippen LogP contribution in [-0.2, 0) is 0 Å². The lowest BCUT2D eigenvalue weighted by Crippen LogP contribution is -2.16. The Kier molecular flexibility index (Phi) is 4.93. The summed E-state index contributed by atoms with van der Waals surface area (Å²) in [5, 5.41) is 0. The molecule has 1 aromatic rings.